The fraction of sp³-hybridized carbons (Fsp3) is 0.200. The molecule has 0 atom stereocenters. The van der Waals surface area contributed by atoms with E-state index in [1.807, 2.05) is 18.6 Å². The van der Waals surface area contributed by atoms with Gasteiger partial charge in [-0.15, -0.1) is 0 Å². The Hall–Kier alpha value is -2.66. The van der Waals surface area contributed by atoms with Gasteiger partial charge in [-0.1, -0.05) is 41.2 Å². The van der Waals surface area contributed by atoms with Crippen molar-refractivity contribution in [2.45, 2.75) is 26.8 Å². The minimum absolute atomic E-state index is 0.373. The minimum atomic E-state index is 0.373. The third-order valence-electron chi connectivity index (χ3n) is 4.02. The summed E-state index contributed by atoms with van der Waals surface area (Å²) in [4.78, 5) is 10.2. The predicted octanol–water partition coefficient (Wildman–Crippen LogP) is 5.25. The van der Waals surface area contributed by atoms with E-state index < -0.39 is 0 Å². The van der Waals surface area contributed by atoms with Gasteiger partial charge in [0, 0.05) is 42.0 Å². The summed E-state index contributed by atoms with van der Waals surface area (Å²) in [7, 11) is 0. The Morgan fingerprint density at radius 2 is 2.00 bits per heavy atom. The standard InChI is InChI=1S/C20H20N4S/c1-13(2)23-20-22-11-18(25-20)16-10-17(15-6-4-5-14(3)9-15)19-21-7-8-24(19)12-16/h4-13H,1-3H3,(H,22,23). The number of fused-ring (bicyclic) bond motifs is 1. The largest absolute Gasteiger partial charge is 0.359 e. The molecule has 0 fully saturated rings. The molecule has 126 valence electrons. The molecule has 0 saturated heterocycles. The molecule has 5 heteroatoms. The van der Waals surface area contributed by atoms with E-state index in [0.717, 1.165) is 26.8 Å². The van der Waals surface area contributed by atoms with E-state index in [2.05, 4.69) is 77.0 Å². The number of benzene rings is 1. The van der Waals surface area contributed by atoms with Crippen molar-refractivity contribution in [1.29, 1.82) is 0 Å². The monoisotopic (exact) mass is 348 g/mol. The van der Waals surface area contributed by atoms with Gasteiger partial charge in [-0.05, 0) is 32.4 Å². The highest BCUT2D eigenvalue weighted by molar-refractivity contribution is 7.18. The number of hydrogen-bond acceptors (Lipinski definition) is 4. The normalized spacial score (nSPS) is 11.4. The zero-order valence-electron chi connectivity index (χ0n) is 14.5. The molecule has 1 N–H and O–H groups in total. The van der Waals surface area contributed by atoms with Crippen LogP contribution in [-0.2, 0) is 0 Å². The summed E-state index contributed by atoms with van der Waals surface area (Å²) < 4.78 is 2.09. The topological polar surface area (TPSA) is 42.2 Å². The van der Waals surface area contributed by atoms with Crippen molar-refractivity contribution in [2.24, 2.45) is 0 Å². The van der Waals surface area contributed by atoms with E-state index in [9.17, 15) is 0 Å². The Labute approximate surface area is 151 Å². The lowest BCUT2D eigenvalue weighted by Gasteiger charge is -2.08. The van der Waals surface area contributed by atoms with E-state index >= 15 is 0 Å². The molecule has 0 saturated carbocycles. The first-order chi connectivity index (χ1) is 12.1. The van der Waals surface area contributed by atoms with Crippen LogP contribution in [0.3, 0.4) is 0 Å². The molecule has 0 unspecified atom stereocenters. The highest BCUT2D eigenvalue weighted by Crippen LogP contribution is 2.34. The molecule has 4 aromatic rings. The average molecular weight is 348 g/mol. The summed E-state index contributed by atoms with van der Waals surface area (Å²) in [5.41, 5.74) is 5.69. The van der Waals surface area contributed by atoms with Crippen molar-refractivity contribution in [2.75, 3.05) is 5.32 Å². The highest BCUT2D eigenvalue weighted by Gasteiger charge is 2.12. The maximum absolute atomic E-state index is 4.54. The smallest absolute Gasteiger partial charge is 0.183 e. The molecule has 4 nitrogen and oxygen atoms in total. The molecule has 0 aliphatic heterocycles. The third-order valence-corrected chi connectivity index (χ3v) is 5.00. The highest BCUT2D eigenvalue weighted by atomic mass is 32.1. The first-order valence-electron chi connectivity index (χ1n) is 8.36. The molecule has 25 heavy (non-hydrogen) atoms. The molecule has 0 bridgehead atoms. The van der Waals surface area contributed by atoms with Crippen LogP contribution in [0.1, 0.15) is 19.4 Å². The van der Waals surface area contributed by atoms with E-state index in [1.54, 1.807) is 11.3 Å². The Morgan fingerprint density at radius 1 is 1.12 bits per heavy atom. The van der Waals surface area contributed by atoms with Gasteiger partial charge in [-0.3, -0.25) is 0 Å². The molecule has 0 aliphatic rings. The van der Waals surface area contributed by atoms with E-state index in [4.69, 9.17) is 0 Å². The van der Waals surface area contributed by atoms with Crippen LogP contribution in [0.2, 0.25) is 0 Å². The molecule has 1 aromatic carbocycles. The van der Waals surface area contributed by atoms with Gasteiger partial charge < -0.3 is 9.72 Å². The SMILES string of the molecule is Cc1cccc(-c2cc(-c3cnc(NC(C)C)s3)cn3ccnc23)c1. The van der Waals surface area contributed by atoms with Crippen molar-refractivity contribution in [3.63, 3.8) is 0 Å². The van der Waals surface area contributed by atoms with Gasteiger partial charge in [0.15, 0.2) is 5.13 Å². The molecule has 4 rings (SSSR count). The Balaban J connectivity index is 1.84. The summed E-state index contributed by atoms with van der Waals surface area (Å²) in [6, 6.07) is 11.1. The number of nitrogens with one attached hydrogen (secondary N) is 1. The number of rotatable bonds is 4. The van der Waals surface area contributed by atoms with Crippen LogP contribution in [0.25, 0.3) is 27.2 Å². The van der Waals surface area contributed by atoms with Gasteiger partial charge in [0.05, 0.1) is 4.88 Å². The quantitative estimate of drug-likeness (QED) is 0.547. The van der Waals surface area contributed by atoms with Crippen molar-refractivity contribution in [3.8, 4) is 21.6 Å². The number of aromatic nitrogens is 3. The van der Waals surface area contributed by atoms with Gasteiger partial charge in [-0.25, -0.2) is 9.97 Å². The van der Waals surface area contributed by atoms with Gasteiger partial charge >= 0.3 is 0 Å². The lowest BCUT2D eigenvalue weighted by Crippen LogP contribution is -2.08. The zero-order chi connectivity index (χ0) is 17.4. The molecule has 3 heterocycles. The molecule has 0 spiro atoms. The lowest BCUT2D eigenvalue weighted by atomic mass is 10.0. The number of pyridine rings is 1. The van der Waals surface area contributed by atoms with Crippen LogP contribution >= 0.6 is 11.3 Å². The summed E-state index contributed by atoms with van der Waals surface area (Å²) in [5.74, 6) is 0. The first kappa shape index (κ1) is 15.8. The van der Waals surface area contributed by atoms with Crippen LogP contribution in [0.5, 0.6) is 0 Å². The van der Waals surface area contributed by atoms with Gasteiger partial charge in [0.2, 0.25) is 0 Å². The van der Waals surface area contributed by atoms with Crippen LogP contribution < -0.4 is 5.32 Å². The molecule has 0 amide bonds. The van der Waals surface area contributed by atoms with Crippen LogP contribution in [-0.4, -0.2) is 20.4 Å². The van der Waals surface area contributed by atoms with Crippen LogP contribution in [0, 0.1) is 6.92 Å². The fourth-order valence-electron chi connectivity index (χ4n) is 2.91. The average Bonchev–Trinajstić information content (AvgIpc) is 3.22. The van der Waals surface area contributed by atoms with Gasteiger partial charge in [0.1, 0.15) is 5.65 Å². The summed E-state index contributed by atoms with van der Waals surface area (Å²) >= 11 is 1.68. The lowest BCUT2D eigenvalue weighted by molar-refractivity contribution is 0.896. The molecule has 0 aliphatic carbocycles. The van der Waals surface area contributed by atoms with E-state index in [-0.39, 0.29) is 0 Å². The number of nitrogens with zero attached hydrogens (tertiary/aromatic N) is 3. The number of hydrogen-bond donors (Lipinski definition) is 1. The Morgan fingerprint density at radius 3 is 2.80 bits per heavy atom. The first-order valence-corrected chi connectivity index (χ1v) is 9.18. The minimum Gasteiger partial charge on any atom is -0.359 e. The summed E-state index contributed by atoms with van der Waals surface area (Å²) in [5, 5.41) is 4.32. The number of imidazole rings is 1. The number of thiazole rings is 1. The molecular formula is C20H20N4S. The second-order valence-corrected chi connectivity index (χ2v) is 7.53. The van der Waals surface area contributed by atoms with Gasteiger partial charge in [0.25, 0.3) is 0 Å². The number of aryl methyl sites for hydroxylation is 1. The summed E-state index contributed by atoms with van der Waals surface area (Å²) in [6.07, 6.45) is 7.89. The van der Waals surface area contributed by atoms with Crippen LogP contribution in [0.4, 0.5) is 5.13 Å². The number of anilines is 1. The predicted molar refractivity (Wildman–Crippen MR) is 105 cm³/mol. The van der Waals surface area contributed by atoms with E-state index in [0.29, 0.717) is 6.04 Å². The second-order valence-electron chi connectivity index (χ2n) is 6.50. The third kappa shape index (κ3) is 3.15. The van der Waals surface area contributed by atoms with Crippen molar-refractivity contribution in [3.05, 3.63) is 60.7 Å². The molecule has 0 radical (unpaired) electrons. The van der Waals surface area contributed by atoms with Gasteiger partial charge in [-0.2, -0.15) is 0 Å². The molecular weight excluding hydrogens is 328 g/mol. The Bertz CT molecular complexity index is 1030. The fourth-order valence-corrected chi connectivity index (χ4v) is 3.86. The van der Waals surface area contributed by atoms with Crippen LogP contribution in [0.15, 0.2) is 55.1 Å². The van der Waals surface area contributed by atoms with E-state index in [1.165, 1.54) is 11.1 Å². The second kappa shape index (κ2) is 6.33. The van der Waals surface area contributed by atoms with Crippen molar-refractivity contribution < 1.29 is 0 Å². The van der Waals surface area contributed by atoms with Crippen molar-refractivity contribution >= 4 is 22.1 Å². The van der Waals surface area contributed by atoms with Crippen molar-refractivity contribution in [1.82, 2.24) is 14.4 Å². The zero-order valence-corrected chi connectivity index (χ0v) is 15.3. The Kier molecular flexibility index (Phi) is 4.01. The maximum Gasteiger partial charge on any atom is 0.183 e. The molecule has 3 aromatic heterocycles. The maximum atomic E-state index is 4.54. The summed E-state index contributed by atoms with van der Waals surface area (Å²) in [6.45, 7) is 6.35.